The van der Waals surface area contributed by atoms with E-state index in [9.17, 15) is 9.59 Å². The standard InChI is InChI=1S/C30H28ClN5O3/c1-15(2)35-26-25(34-27(35)20-10-9-19(32)14-24(20)39-5)28(37)36(23-12-16(3)6-7-17(23)4)30(26)21-11-8-18(31)13-22(21)33-29(30)38/h6-15H,32H2,1-5H3,(H,33,38). The Morgan fingerprint density at radius 2 is 1.82 bits per heavy atom. The number of anilines is 3. The molecule has 3 N–H and O–H groups in total. The third kappa shape index (κ3) is 3.34. The number of hydrogen-bond acceptors (Lipinski definition) is 5. The summed E-state index contributed by atoms with van der Waals surface area (Å²) in [4.78, 5) is 35.3. The van der Waals surface area contributed by atoms with Gasteiger partial charge < -0.3 is 20.4 Å². The molecule has 0 bridgehead atoms. The van der Waals surface area contributed by atoms with Gasteiger partial charge in [-0.15, -0.1) is 0 Å². The van der Waals surface area contributed by atoms with Crippen LogP contribution in [-0.4, -0.2) is 28.5 Å². The highest BCUT2D eigenvalue weighted by atomic mass is 35.5. The van der Waals surface area contributed by atoms with Crippen molar-refractivity contribution in [2.45, 2.75) is 39.3 Å². The van der Waals surface area contributed by atoms with Gasteiger partial charge in [0.1, 0.15) is 11.6 Å². The zero-order chi connectivity index (χ0) is 27.8. The summed E-state index contributed by atoms with van der Waals surface area (Å²) in [6.45, 7) is 7.90. The number of rotatable bonds is 4. The van der Waals surface area contributed by atoms with Crippen LogP contribution in [0.15, 0.2) is 54.6 Å². The fourth-order valence-corrected chi connectivity index (χ4v) is 6.03. The van der Waals surface area contributed by atoms with Gasteiger partial charge in [-0.2, -0.15) is 0 Å². The molecule has 1 atom stereocenters. The van der Waals surface area contributed by atoms with Gasteiger partial charge in [-0.3, -0.25) is 14.5 Å². The number of carbonyl (C=O) groups excluding carboxylic acids is 2. The van der Waals surface area contributed by atoms with Crippen LogP contribution in [0.3, 0.4) is 0 Å². The van der Waals surface area contributed by atoms with Crippen LogP contribution in [0.4, 0.5) is 17.1 Å². The molecular formula is C30H28ClN5O3. The Labute approximate surface area is 231 Å². The van der Waals surface area contributed by atoms with Gasteiger partial charge >= 0.3 is 0 Å². The van der Waals surface area contributed by atoms with Crippen molar-refractivity contribution in [2.24, 2.45) is 0 Å². The molecule has 9 heteroatoms. The van der Waals surface area contributed by atoms with Gasteiger partial charge in [0.05, 0.1) is 18.4 Å². The van der Waals surface area contributed by atoms with Crippen LogP contribution < -0.4 is 20.7 Å². The average Bonchev–Trinajstić information content (AvgIpc) is 3.49. The van der Waals surface area contributed by atoms with E-state index in [1.807, 2.05) is 62.6 Å². The van der Waals surface area contributed by atoms with Gasteiger partial charge in [0.15, 0.2) is 11.2 Å². The van der Waals surface area contributed by atoms with Crippen molar-refractivity contribution in [2.75, 3.05) is 23.1 Å². The maximum Gasteiger partial charge on any atom is 0.280 e. The summed E-state index contributed by atoms with van der Waals surface area (Å²) in [5.74, 6) is 0.351. The van der Waals surface area contributed by atoms with Crippen LogP contribution in [0.1, 0.15) is 52.8 Å². The third-order valence-corrected chi connectivity index (χ3v) is 7.77. The molecule has 1 aromatic heterocycles. The van der Waals surface area contributed by atoms with Crippen LogP contribution in [0.5, 0.6) is 5.75 Å². The van der Waals surface area contributed by atoms with E-state index in [1.54, 1.807) is 36.3 Å². The average molecular weight is 542 g/mol. The second-order valence-electron chi connectivity index (χ2n) is 10.3. The Bertz CT molecular complexity index is 1710. The molecule has 8 nitrogen and oxygen atoms in total. The van der Waals surface area contributed by atoms with Crippen molar-refractivity contribution in [3.8, 4) is 17.1 Å². The number of carbonyl (C=O) groups is 2. The minimum atomic E-state index is -1.50. The molecule has 3 heterocycles. The highest BCUT2D eigenvalue weighted by Gasteiger charge is 2.64. The smallest absolute Gasteiger partial charge is 0.280 e. The van der Waals surface area contributed by atoms with E-state index in [-0.39, 0.29) is 23.6 Å². The summed E-state index contributed by atoms with van der Waals surface area (Å²) in [6, 6.07) is 16.3. The van der Waals surface area contributed by atoms with Crippen molar-refractivity contribution in [1.82, 2.24) is 9.55 Å². The molecule has 2 aliphatic rings. The van der Waals surface area contributed by atoms with E-state index >= 15 is 0 Å². The largest absolute Gasteiger partial charge is 0.496 e. The lowest BCUT2D eigenvalue weighted by Gasteiger charge is -2.36. The van der Waals surface area contributed by atoms with Gasteiger partial charge in [-0.1, -0.05) is 29.8 Å². The van der Waals surface area contributed by atoms with E-state index in [4.69, 9.17) is 27.1 Å². The van der Waals surface area contributed by atoms with Crippen LogP contribution >= 0.6 is 11.6 Å². The molecule has 198 valence electrons. The van der Waals surface area contributed by atoms with Gasteiger partial charge in [-0.25, -0.2) is 4.98 Å². The van der Waals surface area contributed by atoms with E-state index in [1.165, 1.54) is 0 Å². The summed E-state index contributed by atoms with van der Waals surface area (Å²) in [5.41, 5.74) is 10.2. The molecule has 4 aromatic rings. The molecule has 0 fully saturated rings. The van der Waals surface area contributed by atoms with Crippen LogP contribution in [-0.2, 0) is 10.3 Å². The summed E-state index contributed by atoms with van der Waals surface area (Å²) in [6.07, 6.45) is 0. The number of halogens is 1. The number of aryl methyl sites for hydroxylation is 2. The maximum atomic E-state index is 14.5. The van der Waals surface area contributed by atoms with Gasteiger partial charge in [0.25, 0.3) is 11.8 Å². The number of aromatic nitrogens is 2. The Morgan fingerprint density at radius 1 is 1.05 bits per heavy atom. The van der Waals surface area contributed by atoms with Crippen LogP contribution in [0.2, 0.25) is 5.02 Å². The fraction of sp³-hybridized carbons (Fsp3) is 0.233. The zero-order valence-corrected chi connectivity index (χ0v) is 23.1. The Kier molecular flexibility index (Phi) is 5.52. The lowest BCUT2D eigenvalue weighted by atomic mass is 9.86. The number of ether oxygens (including phenoxy) is 1. The molecular weight excluding hydrogens is 514 g/mol. The highest BCUT2D eigenvalue weighted by Crippen LogP contribution is 2.55. The number of nitrogens with zero attached hydrogens (tertiary/aromatic N) is 3. The van der Waals surface area contributed by atoms with Crippen LogP contribution in [0, 0.1) is 13.8 Å². The van der Waals surface area contributed by atoms with E-state index < -0.39 is 5.54 Å². The van der Waals surface area contributed by atoms with Crippen molar-refractivity contribution in [3.05, 3.63) is 87.7 Å². The molecule has 1 spiro atoms. The summed E-state index contributed by atoms with van der Waals surface area (Å²) in [7, 11) is 1.56. The molecule has 39 heavy (non-hydrogen) atoms. The Hall–Kier alpha value is -4.30. The third-order valence-electron chi connectivity index (χ3n) is 7.53. The number of fused-ring (bicyclic) bond motifs is 4. The lowest BCUT2D eigenvalue weighted by molar-refractivity contribution is -0.119. The lowest BCUT2D eigenvalue weighted by Crippen LogP contribution is -2.51. The number of imidazole rings is 1. The van der Waals surface area contributed by atoms with Gasteiger partial charge in [-0.05, 0) is 69.2 Å². The van der Waals surface area contributed by atoms with E-state index in [0.29, 0.717) is 50.5 Å². The minimum Gasteiger partial charge on any atom is -0.496 e. The summed E-state index contributed by atoms with van der Waals surface area (Å²) in [5, 5.41) is 3.50. The molecule has 0 radical (unpaired) electrons. The molecule has 6 rings (SSSR count). The predicted molar refractivity (Wildman–Crippen MR) is 153 cm³/mol. The number of hydrogen-bond donors (Lipinski definition) is 2. The zero-order valence-electron chi connectivity index (χ0n) is 22.3. The number of nitrogens with one attached hydrogen (secondary N) is 1. The summed E-state index contributed by atoms with van der Waals surface area (Å²) >= 11 is 6.33. The monoisotopic (exact) mass is 541 g/mol. The number of nitrogens with two attached hydrogens (primary N) is 1. The molecule has 0 saturated heterocycles. The first-order valence-corrected chi connectivity index (χ1v) is 13.1. The topological polar surface area (TPSA) is 102 Å². The molecule has 0 saturated carbocycles. The number of methoxy groups -OCH3 is 1. The van der Waals surface area contributed by atoms with Gasteiger partial charge in [0.2, 0.25) is 0 Å². The van der Waals surface area contributed by atoms with Crippen molar-refractivity contribution < 1.29 is 14.3 Å². The molecule has 2 aliphatic heterocycles. The fourth-order valence-electron chi connectivity index (χ4n) is 5.85. The highest BCUT2D eigenvalue weighted by molar-refractivity contribution is 6.31. The molecule has 2 amide bonds. The second-order valence-corrected chi connectivity index (χ2v) is 10.8. The number of amides is 2. The SMILES string of the molecule is COc1cc(N)ccc1-c1nc2c(n1C(C)C)C1(C(=O)Nc3cc(Cl)ccc31)N(c1cc(C)ccc1C)C2=O. The van der Waals surface area contributed by atoms with Crippen molar-refractivity contribution in [1.29, 1.82) is 0 Å². The first-order valence-electron chi connectivity index (χ1n) is 12.7. The van der Waals surface area contributed by atoms with Crippen molar-refractivity contribution >= 4 is 40.5 Å². The molecule has 3 aromatic carbocycles. The predicted octanol–water partition coefficient (Wildman–Crippen LogP) is 5.85. The minimum absolute atomic E-state index is 0.161. The first-order chi connectivity index (χ1) is 18.6. The molecule has 0 aliphatic carbocycles. The van der Waals surface area contributed by atoms with Crippen LogP contribution in [0.25, 0.3) is 11.4 Å². The molecule has 1 unspecified atom stereocenters. The van der Waals surface area contributed by atoms with E-state index in [2.05, 4.69) is 5.32 Å². The Balaban J connectivity index is 1.74. The second kappa shape index (κ2) is 8.61. The first kappa shape index (κ1) is 25.0. The Morgan fingerprint density at radius 3 is 2.54 bits per heavy atom. The number of nitrogen functional groups attached to an aromatic ring is 1. The number of benzene rings is 3. The maximum absolute atomic E-state index is 14.5. The summed E-state index contributed by atoms with van der Waals surface area (Å²) < 4.78 is 7.62. The normalized spacial score (nSPS) is 17.7. The van der Waals surface area contributed by atoms with E-state index in [0.717, 1.165) is 11.1 Å². The van der Waals surface area contributed by atoms with Crippen molar-refractivity contribution in [3.63, 3.8) is 0 Å². The quantitative estimate of drug-likeness (QED) is 0.316. The van der Waals surface area contributed by atoms with Gasteiger partial charge in [0, 0.05) is 39.8 Å².